The molecule has 148 valence electrons. The third kappa shape index (κ3) is 4.87. The van der Waals surface area contributed by atoms with Crippen LogP contribution in [0.1, 0.15) is 47.1 Å². The number of amides is 1. The Bertz CT molecular complexity index is 741. The molecule has 1 amide bonds. The molecule has 0 aromatic heterocycles. The van der Waals surface area contributed by atoms with E-state index in [1.807, 2.05) is 26.8 Å². The van der Waals surface area contributed by atoms with Crippen LogP contribution in [0.2, 0.25) is 0 Å². The van der Waals surface area contributed by atoms with Gasteiger partial charge in [0.15, 0.2) is 0 Å². The van der Waals surface area contributed by atoms with Gasteiger partial charge in [-0.2, -0.15) is 0 Å². The summed E-state index contributed by atoms with van der Waals surface area (Å²) in [4.78, 5) is 25.6. The number of nitrogens with zero attached hydrogens (tertiary/aromatic N) is 1. The SMILES string of the molecule is CC(C)(C)C(=O)OC1CN(C(=O)O)C(C(C)(C)C)C=C1c1ccc(F)cc1. The Labute approximate surface area is 159 Å². The molecule has 2 atom stereocenters. The van der Waals surface area contributed by atoms with Gasteiger partial charge in [-0.3, -0.25) is 9.69 Å². The van der Waals surface area contributed by atoms with E-state index in [-0.39, 0.29) is 17.8 Å². The van der Waals surface area contributed by atoms with Crippen molar-refractivity contribution >= 4 is 17.6 Å². The van der Waals surface area contributed by atoms with E-state index >= 15 is 0 Å². The maximum absolute atomic E-state index is 13.4. The molecule has 6 heteroatoms. The van der Waals surface area contributed by atoms with Gasteiger partial charge in [0, 0.05) is 0 Å². The van der Waals surface area contributed by atoms with E-state index in [4.69, 9.17) is 4.74 Å². The first-order valence-corrected chi connectivity index (χ1v) is 8.99. The predicted octanol–water partition coefficient (Wildman–Crippen LogP) is 4.58. The van der Waals surface area contributed by atoms with Crippen molar-refractivity contribution in [3.63, 3.8) is 0 Å². The number of hydrogen-bond donors (Lipinski definition) is 1. The molecular weight excluding hydrogens is 349 g/mol. The maximum Gasteiger partial charge on any atom is 0.407 e. The first kappa shape index (κ1) is 20.9. The Morgan fingerprint density at radius 2 is 1.67 bits per heavy atom. The number of carboxylic acid groups (broad SMARTS) is 1. The van der Waals surface area contributed by atoms with Crippen molar-refractivity contribution in [1.82, 2.24) is 4.90 Å². The summed E-state index contributed by atoms with van der Waals surface area (Å²) in [6, 6.07) is 5.52. The maximum atomic E-state index is 13.4. The smallest absolute Gasteiger partial charge is 0.407 e. The van der Waals surface area contributed by atoms with Crippen LogP contribution in [0, 0.1) is 16.6 Å². The van der Waals surface area contributed by atoms with E-state index in [0.717, 1.165) is 0 Å². The van der Waals surface area contributed by atoms with Gasteiger partial charge in [0.05, 0.1) is 18.0 Å². The molecule has 1 heterocycles. The topological polar surface area (TPSA) is 66.8 Å². The lowest BCUT2D eigenvalue weighted by Crippen LogP contribution is -2.53. The van der Waals surface area contributed by atoms with Crippen LogP contribution in [0.25, 0.3) is 5.57 Å². The quantitative estimate of drug-likeness (QED) is 0.767. The minimum Gasteiger partial charge on any atom is -0.465 e. The largest absolute Gasteiger partial charge is 0.465 e. The van der Waals surface area contributed by atoms with Gasteiger partial charge in [-0.1, -0.05) is 39.0 Å². The van der Waals surface area contributed by atoms with Crippen molar-refractivity contribution in [1.29, 1.82) is 0 Å². The van der Waals surface area contributed by atoms with Crippen molar-refractivity contribution in [3.8, 4) is 0 Å². The molecule has 1 aliphatic heterocycles. The zero-order chi connectivity index (χ0) is 20.6. The lowest BCUT2D eigenvalue weighted by molar-refractivity contribution is -0.157. The summed E-state index contributed by atoms with van der Waals surface area (Å²) < 4.78 is 19.0. The first-order chi connectivity index (χ1) is 12.3. The normalized spacial score (nSPS) is 20.9. The Balaban J connectivity index is 2.53. The Kier molecular flexibility index (Phi) is 5.68. The van der Waals surface area contributed by atoms with Crippen molar-refractivity contribution in [2.24, 2.45) is 10.8 Å². The van der Waals surface area contributed by atoms with Crippen molar-refractivity contribution in [2.45, 2.75) is 53.7 Å². The van der Waals surface area contributed by atoms with Crippen LogP contribution in [0.4, 0.5) is 9.18 Å². The molecule has 0 bridgehead atoms. The van der Waals surface area contributed by atoms with Crippen LogP contribution in [-0.2, 0) is 9.53 Å². The third-order valence-corrected chi connectivity index (χ3v) is 4.55. The van der Waals surface area contributed by atoms with Crippen LogP contribution < -0.4 is 0 Å². The Morgan fingerprint density at radius 3 is 2.11 bits per heavy atom. The molecule has 0 radical (unpaired) electrons. The summed E-state index contributed by atoms with van der Waals surface area (Å²) in [7, 11) is 0. The van der Waals surface area contributed by atoms with Gasteiger partial charge >= 0.3 is 12.1 Å². The molecule has 1 N–H and O–H groups in total. The Hall–Kier alpha value is -2.37. The van der Waals surface area contributed by atoms with Crippen LogP contribution >= 0.6 is 0 Å². The fourth-order valence-corrected chi connectivity index (χ4v) is 3.00. The highest BCUT2D eigenvalue weighted by atomic mass is 19.1. The number of carbonyl (C=O) groups is 2. The van der Waals surface area contributed by atoms with Gasteiger partial charge in [0.25, 0.3) is 0 Å². The van der Waals surface area contributed by atoms with Crippen LogP contribution in [0.5, 0.6) is 0 Å². The number of hydrogen-bond acceptors (Lipinski definition) is 3. The molecule has 2 rings (SSSR count). The van der Waals surface area contributed by atoms with E-state index in [0.29, 0.717) is 11.1 Å². The monoisotopic (exact) mass is 377 g/mol. The van der Waals surface area contributed by atoms with Gasteiger partial charge in [-0.15, -0.1) is 0 Å². The van der Waals surface area contributed by atoms with Gasteiger partial charge < -0.3 is 9.84 Å². The second-order valence-corrected chi connectivity index (χ2v) is 9.02. The molecule has 0 saturated heterocycles. The summed E-state index contributed by atoms with van der Waals surface area (Å²) in [5, 5.41) is 9.68. The predicted molar refractivity (Wildman–Crippen MR) is 102 cm³/mol. The molecule has 1 aromatic rings. The third-order valence-electron chi connectivity index (χ3n) is 4.55. The Morgan fingerprint density at radius 1 is 1.11 bits per heavy atom. The molecule has 2 unspecified atom stereocenters. The summed E-state index contributed by atoms with van der Waals surface area (Å²) in [6.45, 7) is 11.1. The number of esters is 1. The summed E-state index contributed by atoms with van der Waals surface area (Å²) in [5.41, 5.74) is 0.332. The van der Waals surface area contributed by atoms with Crippen LogP contribution in [-0.4, -0.2) is 40.8 Å². The summed E-state index contributed by atoms with van der Waals surface area (Å²) >= 11 is 0. The first-order valence-electron chi connectivity index (χ1n) is 8.99. The fourth-order valence-electron chi connectivity index (χ4n) is 3.00. The molecule has 1 aliphatic rings. The van der Waals surface area contributed by atoms with E-state index in [1.54, 1.807) is 32.9 Å². The standard InChI is InChI=1S/C21H28FNO4/c1-20(2,3)17-11-15(13-7-9-14(22)10-8-13)16(12-23(17)19(25)26)27-18(24)21(4,5)6/h7-11,16-17H,12H2,1-6H3,(H,25,26). The van der Waals surface area contributed by atoms with E-state index in [9.17, 15) is 19.1 Å². The lowest BCUT2D eigenvalue weighted by atomic mass is 9.80. The molecule has 5 nitrogen and oxygen atoms in total. The second kappa shape index (κ2) is 7.33. The lowest BCUT2D eigenvalue weighted by Gasteiger charge is -2.43. The summed E-state index contributed by atoms with van der Waals surface area (Å²) in [5.74, 6) is -0.780. The van der Waals surface area contributed by atoms with E-state index in [2.05, 4.69) is 0 Å². The minimum absolute atomic E-state index is 0.0301. The van der Waals surface area contributed by atoms with Crippen molar-refractivity contribution < 1.29 is 23.8 Å². The highest BCUT2D eigenvalue weighted by molar-refractivity contribution is 5.80. The zero-order valence-electron chi connectivity index (χ0n) is 16.7. The molecule has 1 aromatic carbocycles. The van der Waals surface area contributed by atoms with Crippen molar-refractivity contribution in [2.75, 3.05) is 6.54 Å². The number of ether oxygens (including phenoxy) is 1. The zero-order valence-corrected chi connectivity index (χ0v) is 16.7. The average molecular weight is 377 g/mol. The number of rotatable bonds is 2. The highest BCUT2D eigenvalue weighted by Crippen LogP contribution is 2.36. The highest BCUT2D eigenvalue weighted by Gasteiger charge is 2.41. The van der Waals surface area contributed by atoms with Gasteiger partial charge in [-0.05, 0) is 49.5 Å². The molecule has 0 spiro atoms. The summed E-state index contributed by atoms with van der Waals surface area (Å²) in [6.07, 6.45) is 0.00359. The van der Waals surface area contributed by atoms with Gasteiger partial charge in [0.2, 0.25) is 0 Å². The van der Waals surface area contributed by atoms with E-state index < -0.39 is 29.6 Å². The van der Waals surface area contributed by atoms with Crippen molar-refractivity contribution in [3.05, 3.63) is 41.7 Å². The fraction of sp³-hybridized carbons (Fsp3) is 0.524. The van der Waals surface area contributed by atoms with Crippen LogP contribution in [0.3, 0.4) is 0 Å². The van der Waals surface area contributed by atoms with Gasteiger partial charge in [0.1, 0.15) is 11.9 Å². The number of benzene rings is 1. The van der Waals surface area contributed by atoms with E-state index in [1.165, 1.54) is 17.0 Å². The van der Waals surface area contributed by atoms with Crippen LogP contribution in [0.15, 0.2) is 30.3 Å². The number of carbonyl (C=O) groups excluding carboxylic acids is 1. The molecule has 0 fully saturated rings. The molecule has 27 heavy (non-hydrogen) atoms. The van der Waals surface area contributed by atoms with Gasteiger partial charge in [-0.25, -0.2) is 9.18 Å². The number of halogens is 1. The molecule has 0 aliphatic carbocycles. The molecule has 0 saturated carbocycles. The average Bonchev–Trinajstić information content (AvgIpc) is 2.53. The minimum atomic E-state index is -1.07. The molecular formula is C21H28FNO4. The second-order valence-electron chi connectivity index (χ2n) is 9.02.